The SMILES string of the molecule is COc1ccc(S(=O)(=O)O)c(N2C=CC=CC2)c1. The molecule has 0 unspecified atom stereocenters. The Balaban J connectivity index is 2.54. The van der Waals surface area contributed by atoms with Gasteiger partial charge in [0.2, 0.25) is 0 Å². The molecule has 0 amide bonds. The monoisotopic (exact) mass is 267 g/mol. The smallest absolute Gasteiger partial charge is 0.296 e. The van der Waals surface area contributed by atoms with Gasteiger partial charge in [-0.3, -0.25) is 4.55 Å². The molecule has 0 aliphatic carbocycles. The van der Waals surface area contributed by atoms with Crippen LogP contribution in [0.3, 0.4) is 0 Å². The number of methoxy groups -OCH3 is 1. The molecule has 0 atom stereocenters. The number of benzene rings is 1. The summed E-state index contributed by atoms with van der Waals surface area (Å²) in [5, 5.41) is 0. The third-order valence-corrected chi connectivity index (χ3v) is 3.47. The Kier molecular flexibility index (Phi) is 3.40. The van der Waals surface area contributed by atoms with Gasteiger partial charge in [-0.05, 0) is 18.2 Å². The zero-order chi connectivity index (χ0) is 13.2. The van der Waals surface area contributed by atoms with Gasteiger partial charge in [0.1, 0.15) is 10.6 Å². The van der Waals surface area contributed by atoms with Crippen LogP contribution >= 0.6 is 0 Å². The quantitative estimate of drug-likeness (QED) is 0.846. The summed E-state index contributed by atoms with van der Waals surface area (Å²) in [4.78, 5) is 1.58. The van der Waals surface area contributed by atoms with Crippen molar-refractivity contribution in [2.45, 2.75) is 4.90 Å². The maximum absolute atomic E-state index is 11.3. The van der Waals surface area contributed by atoms with Crippen LogP contribution in [0.25, 0.3) is 0 Å². The van der Waals surface area contributed by atoms with Crippen molar-refractivity contribution >= 4 is 15.8 Å². The fraction of sp³-hybridized carbons (Fsp3) is 0.167. The van der Waals surface area contributed by atoms with Gasteiger partial charge in [-0.2, -0.15) is 8.42 Å². The molecule has 5 nitrogen and oxygen atoms in total. The lowest BCUT2D eigenvalue weighted by Crippen LogP contribution is -2.20. The second-order valence-corrected chi connectivity index (χ2v) is 5.12. The number of allylic oxidation sites excluding steroid dienone is 2. The summed E-state index contributed by atoms with van der Waals surface area (Å²) in [5.74, 6) is 0.528. The zero-order valence-electron chi connectivity index (χ0n) is 9.78. The normalized spacial score (nSPS) is 14.9. The van der Waals surface area contributed by atoms with Crippen LogP contribution in [0.15, 0.2) is 47.5 Å². The number of hydrogen-bond acceptors (Lipinski definition) is 4. The van der Waals surface area contributed by atoms with Crippen LogP contribution in [0.2, 0.25) is 0 Å². The first-order valence-corrected chi connectivity index (χ1v) is 6.72. The summed E-state index contributed by atoms with van der Waals surface area (Å²) in [6, 6.07) is 4.40. The summed E-state index contributed by atoms with van der Waals surface area (Å²) in [6.07, 6.45) is 7.28. The average Bonchev–Trinajstić information content (AvgIpc) is 2.38. The van der Waals surface area contributed by atoms with E-state index in [0.717, 1.165) is 0 Å². The predicted molar refractivity (Wildman–Crippen MR) is 68.4 cm³/mol. The molecule has 0 radical (unpaired) electrons. The van der Waals surface area contributed by atoms with Crippen LogP contribution in [-0.4, -0.2) is 26.6 Å². The van der Waals surface area contributed by atoms with E-state index >= 15 is 0 Å². The van der Waals surface area contributed by atoms with Crippen molar-refractivity contribution in [3.05, 3.63) is 42.6 Å². The molecular formula is C12H13NO4S. The van der Waals surface area contributed by atoms with Gasteiger partial charge in [0.25, 0.3) is 10.1 Å². The van der Waals surface area contributed by atoms with Gasteiger partial charge < -0.3 is 9.64 Å². The summed E-state index contributed by atoms with van der Waals surface area (Å²) >= 11 is 0. The highest BCUT2D eigenvalue weighted by atomic mass is 32.2. The molecule has 0 saturated heterocycles. The number of nitrogens with zero attached hydrogens (tertiary/aromatic N) is 1. The molecule has 1 N–H and O–H groups in total. The van der Waals surface area contributed by atoms with Crippen LogP contribution in [-0.2, 0) is 10.1 Å². The molecule has 0 saturated carbocycles. The molecule has 0 spiro atoms. The van der Waals surface area contributed by atoms with Crippen molar-refractivity contribution < 1.29 is 17.7 Å². The summed E-state index contributed by atoms with van der Waals surface area (Å²) in [6.45, 7) is 0.534. The average molecular weight is 267 g/mol. The lowest BCUT2D eigenvalue weighted by molar-refractivity contribution is 0.414. The first kappa shape index (κ1) is 12.7. The molecule has 1 aromatic carbocycles. The fourth-order valence-electron chi connectivity index (χ4n) is 1.71. The third-order valence-electron chi connectivity index (χ3n) is 2.57. The molecule has 1 aliphatic rings. The molecule has 0 bridgehead atoms. The van der Waals surface area contributed by atoms with Crippen LogP contribution in [0.5, 0.6) is 5.75 Å². The Morgan fingerprint density at radius 1 is 1.33 bits per heavy atom. The minimum atomic E-state index is -4.26. The largest absolute Gasteiger partial charge is 0.497 e. The Morgan fingerprint density at radius 2 is 2.11 bits per heavy atom. The van der Waals surface area contributed by atoms with Crippen molar-refractivity contribution in [3.63, 3.8) is 0 Å². The van der Waals surface area contributed by atoms with E-state index in [1.165, 1.54) is 19.2 Å². The highest BCUT2D eigenvalue weighted by Crippen LogP contribution is 2.30. The fourth-order valence-corrected chi connectivity index (χ4v) is 2.39. The number of anilines is 1. The Bertz CT molecular complexity index is 605. The maximum atomic E-state index is 11.3. The second kappa shape index (κ2) is 4.83. The minimum Gasteiger partial charge on any atom is -0.497 e. The Hall–Kier alpha value is -1.79. The van der Waals surface area contributed by atoms with Crippen LogP contribution < -0.4 is 9.64 Å². The number of hydrogen-bond donors (Lipinski definition) is 1. The molecular weight excluding hydrogens is 254 g/mol. The Labute approximate surface area is 106 Å². The van der Waals surface area contributed by atoms with Gasteiger partial charge in [-0.15, -0.1) is 0 Å². The van der Waals surface area contributed by atoms with E-state index in [2.05, 4.69) is 0 Å². The summed E-state index contributed by atoms with van der Waals surface area (Å²) in [7, 11) is -2.76. The highest BCUT2D eigenvalue weighted by molar-refractivity contribution is 7.86. The van der Waals surface area contributed by atoms with E-state index in [4.69, 9.17) is 4.74 Å². The van der Waals surface area contributed by atoms with Gasteiger partial charge in [-0.1, -0.05) is 12.2 Å². The van der Waals surface area contributed by atoms with Crippen LogP contribution in [0.1, 0.15) is 0 Å². The molecule has 6 heteroatoms. The molecule has 1 aromatic rings. The molecule has 2 rings (SSSR count). The highest BCUT2D eigenvalue weighted by Gasteiger charge is 2.19. The zero-order valence-corrected chi connectivity index (χ0v) is 10.6. The van der Waals surface area contributed by atoms with E-state index in [-0.39, 0.29) is 4.90 Å². The topological polar surface area (TPSA) is 66.8 Å². The van der Waals surface area contributed by atoms with Gasteiger partial charge in [-0.25, -0.2) is 0 Å². The molecule has 18 heavy (non-hydrogen) atoms. The second-order valence-electron chi connectivity index (χ2n) is 3.73. The minimum absolute atomic E-state index is 0.136. The first-order chi connectivity index (χ1) is 8.52. The van der Waals surface area contributed by atoms with Crippen molar-refractivity contribution in [2.24, 2.45) is 0 Å². The van der Waals surface area contributed by atoms with Crippen LogP contribution in [0, 0.1) is 0 Å². The lowest BCUT2D eigenvalue weighted by atomic mass is 10.2. The molecule has 0 fully saturated rings. The van der Waals surface area contributed by atoms with Gasteiger partial charge >= 0.3 is 0 Å². The van der Waals surface area contributed by atoms with Crippen molar-refractivity contribution in [3.8, 4) is 5.75 Å². The van der Waals surface area contributed by atoms with E-state index in [1.807, 2.05) is 12.2 Å². The van der Waals surface area contributed by atoms with Gasteiger partial charge in [0.05, 0.1) is 12.8 Å². The van der Waals surface area contributed by atoms with E-state index < -0.39 is 10.1 Å². The van der Waals surface area contributed by atoms with Gasteiger partial charge in [0.15, 0.2) is 0 Å². The molecule has 96 valence electrons. The van der Waals surface area contributed by atoms with E-state index in [9.17, 15) is 13.0 Å². The van der Waals surface area contributed by atoms with Crippen molar-refractivity contribution in [2.75, 3.05) is 18.6 Å². The maximum Gasteiger partial charge on any atom is 0.296 e. The van der Waals surface area contributed by atoms with Gasteiger partial charge in [0, 0.05) is 18.8 Å². The van der Waals surface area contributed by atoms with Crippen molar-refractivity contribution in [1.82, 2.24) is 0 Å². The first-order valence-electron chi connectivity index (χ1n) is 5.28. The predicted octanol–water partition coefficient (Wildman–Crippen LogP) is 1.83. The van der Waals surface area contributed by atoms with Crippen molar-refractivity contribution in [1.29, 1.82) is 0 Å². The number of rotatable bonds is 3. The Morgan fingerprint density at radius 3 is 2.67 bits per heavy atom. The summed E-state index contributed by atoms with van der Waals surface area (Å²) < 4.78 is 37.0. The lowest BCUT2D eigenvalue weighted by Gasteiger charge is -2.23. The molecule has 0 aromatic heterocycles. The third kappa shape index (κ3) is 2.55. The van der Waals surface area contributed by atoms with E-state index in [0.29, 0.717) is 18.0 Å². The number of ether oxygens (including phenoxy) is 1. The standard InChI is InChI=1S/C12H13NO4S/c1-17-10-5-6-12(18(14,15)16)11(9-10)13-7-3-2-4-8-13/h2-7,9H,8H2,1H3,(H,14,15,16). The molecule has 1 heterocycles. The molecule has 1 aliphatic heterocycles. The summed E-state index contributed by atoms with van der Waals surface area (Å²) in [5.41, 5.74) is 0.387. The van der Waals surface area contributed by atoms with Crippen LogP contribution in [0.4, 0.5) is 5.69 Å². The van der Waals surface area contributed by atoms with E-state index in [1.54, 1.807) is 23.2 Å².